The molecule has 1 aromatic carbocycles. The van der Waals surface area contributed by atoms with Crippen molar-refractivity contribution in [1.82, 2.24) is 8.61 Å². The summed E-state index contributed by atoms with van der Waals surface area (Å²) in [4.78, 5) is 0. The molecular weight excluding hydrogens is 360 g/mol. The van der Waals surface area contributed by atoms with Gasteiger partial charge in [-0.1, -0.05) is 37.1 Å². The van der Waals surface area contributed by atoms with Gasteiger partial charge >= 0.3 is 0 Å². The second-order valence-corrected chi connectivity index (χ2v) is 8.99. The van der Waals surface area contributed by atoms with Gasteiger partial charge in [0.1, 0.15) is 0 Å². The topological polar surface area (TPSA) is 49.9 Å². The van der Waals surface area contributed by atoms with Gasteiger partial charge in [0.2, 0.25) is 0 Å². The van der Waals surface area contributed by atoms with Crippen LogP contribution in [0.15, 0.2) is 24.3 Å². The largest absolute Gasteiger partial charge is 0.384 e. The molecule has 7 heteroatoms. The highest BCUT2D eigenvalue weighted by molar-refractivity contribution is 7.86. The summed E-state index contributed by atoms with van der Waals surface area (Å²) in [5.41, 5.74) is 0.918. The van der Waals surface area contributed by atoms with E-state index in [2.05, 4.69) is 6.92 Å². The Bertz CT molecular complexity index is 631. The van der Waals surface area contributed by atoms with Gasteiger partial charge in [0.15, 0.2) is 0 Å². The molecule has 0 aromatic heterocycles. The number of ether oxygens (including phenoxy) is 1. The zero-order chi connectivity index (χ0) is 18.3. The van der Waals surface area contributed by atoms with Crippen LogP contribution in [0.5, 0.6) is 0 Å². The first-order valence-electron chi connectivity index (χ1n) is 8.96. The minimum Gasteiger partial charge on any atom is -0.384 e. The number of piperidine rings is 1. The molecule has 1 aromatic rings. The Labute approximate surface area is 157 Å². The average Bonchev–Trinajstić information content (AvgIpc) is 2.59. The molecule has 1 aliphatic rings. The van der Waals surface area contributed by atoms with Crippen LogP contribution in [0.1, 0.15) is 38.2 Å². The highest BCUT2D eigenvalue weighted by atomic mass is 35.5. The summed E-state index contributed by atoms with van der Waals surface area (Å²) in [7, 11) is -1.77. The normalized spacial score (nSPS) is 17.3. The lowest BCUT2D eigenvalue weighted by atomic mass is 9.99. The number of halogens is 1. The van der Waals surface area contributed by atoms with Gasteiger partial charge in [-0.05, 0) is 42.9 Å². The summed E-state index contributed by atoms with van der Waals surface area (Å²) in [6, 6.07) is 7.42. The number of nitrogens with zero attached hydrogens (tertiary/aromatic N) is 2. The third-order valence-corrected chi connectivity index (χ3v) is 6.85. The molecule has 142 valence electrons. The van der Waals surface area contributed by atoms with Crippen LogP contribution in [-0.4, -0.2) is 50.4 Å². The van der Waals surface area contributed by atoms with Gasteiger partial charge < -0.3 is 4.74 Å². The first kappa shape index (κ1) is 20.6. The van der Waals surface area contributed by atoms with Gasteiger partial charge in [-0.3, -0.25) is 0 Å². The fourth-order valence-corrected chi connectivity index (χ4v) is 5.04. The first-order valence-corrected chi connectivity index (χ1v) is 10.7. The molecule has 25 heavy (non-hydrogen) atoms. The molecule has 0 saturated carbocycles. The maximum Gasteiger partial charge on any atom is 0.282 e. The Morgan fingerprint density at radius 1 is 1.32 bits per heavy atom. The quantitative estimate of drug-likeness (QED) is 0.650. The van der Waals surface area contributed by atoms with Crippen LogP contribution in [0.2, 0.25) is 5.02 Å². The fraction of sp³-hybridized carbons (Fsp3) is 0.667. The number of hydrogen-bond donors (Lipinski definition) is 0. The van der Waals surface area contributed by atoms with E-state index in [1.165, 1.54) is 0 Å². The molecule has 0 unspecified atom stereocenters. The van der Waals surface area contributed by atoms with E-state index in [1.54, 1.807) is 21.8 Å². The Kier molecular flexibility index (Phi) is 8.16. The Hall–Kier alpha value is -0.660. The van der Waals surface area contributed by atoms with Crippen LogP contribution < -0.4 is 0 Å². The summed E-state index contributed by atoms with van der Waals surface area (Å²) in [5.74, 6) is 0.452. The number of rotatable bonds is 9. The van der Waals surface area contributed by atoms with E-state index in [0.29, 0.717) is 43.7 Å². The second kappa shape index (κ2) is 9.88. The van der Waals surface area contributed by atoms with Crippen LogP contribution in [-0.2, 0) is 21.5 Å². The predicted octanol–water partition coefficient (Wildman–Crippen LogP) is 3.55. The zero-order valence-corrected chi connectivity index (χ0v) is 16.7. The molecule has 0 N–H and O–H groups in total. The summed E-state index contributed by atoms with van der Waals surface area (Å²) in [6.07, 6.45) is 3.51. The van der Waals surface area contributed by atoms with E-state index < -0.39 is 10.2 Å². The second-order valence-electron chi connectivity index (χ2n) is 6.62. The summed E-state index contributed by atoms with van der Waals surface area (Å²) in [6.45, 7) is 4.80. The average molecular weight is 389 g/mol. The van der Waals surface area contributed by atoms with Crippen LogP contribution in [0, 0.1) is 5.92 Å². The first-order chi connectivity index (χ1) is 12.0. The molecule has 1 aliphatic heterocycles. The molecule has 5 nitrogen and oxygen atoms in total. The van der Waals surface area contributed by atoms with Gasteiger partial charge in [0, 0.05) is 44.9 Å². The maximum absolute atomic E-state index is 13.1. The van der Waals surface area contributed by atoms with Crippen LogP contribution in [0.25, 0.3) is 0 Å². The van der Waals surface area contributed by atoms with Crippen molar-refractivity contribution in [2.45, 2.75) is 39.2 Å². The molecular formula is C18H29ClN2O3S. The van der Waals surface area contributed by atoms with Gasteiger partial charge in [0.05, 0.1) is 0 Å². The standard InChI is InChI=1S/C18H29ClN2O3S/c1-3-4-10-21(14-17-6-5-7-18(19)13-17)25(22,23)20-11-8-16(9-12-20)15-24-2/h5-7,13,16H,3-4,8-12,14-15H2,1-2H3. The molecule has 0 radical (unpaired) electrons. The smallest absolute Gasteiger partial charge is 0.282 e. The van der Waals surface area contributed by atoms with Crippen LogP contribution in [0.3, 0.4) is 0 Å². The van der Waals surface area contributed by atoms with Crippen molar-refractivity contribution in [2.24, 2.45) is 5.92 Å². The van der Waals surface area contributed by atoms with Crippen molar-refractivity contribution in [3.05, 3.63) is 34.9 Å². The van der Waals surface area contributed by atoms with Crippen molar-refractivity contribution in [2.75, 3.05) is 33.4 Å². The van der Waals surface area contributed by atoms with E-state index in [4.69, 9.17) is 16.3 Å². The van der Waals surface area contributed by atoms with E-state index >= 15 is 0 Å². The highest BCUT2D eigenvalue weighted by Gasteiger charge is 2.32. The SMILES string of the molecule is CCCCN(Cc1cccc(Cl)c1)S(=O)(=O)N1CCC(COC)CC1. The summed E-state index contributed by atoms with van der Waals surface area (Å²) in [5, 5.41) is 0.630. The van der Waals surface area contributed by atoms with Gasteiger partial charge in [0.25, 0.3) is 10.2 Å². The molecule has 0 bridgehead atoms. The third kappa shape index (κ3) is 5.93. The van der Waals surface area contributed by atoms with Crippen molar-refractivity contribution < 1.29 is 13.2 Å². The number of benzene rings is 1. The highest BCUT2D eigenvalue weighted by Crippen LogP contribution is 2.23. The number of methoxy groups -OCH3 is 1. The Morgan fingerprint density at radius 3 is 2.64 bits per heavy atom. The molecule has 1 saturated heterocycles. The van der Waals surface area contributed by atoms with Crippen molar-refractivity contribution >= 4 is 21.8 Å². The summed E-state index contributed by atoms with van der Waals surface area (Å²) < 4.78 is 34.7. The molecule has 0 spiro atoms. The minimum atomic E-state index is -3.46. The van der Waals surface area contributed by atoms with E-state index in [0.717, 1.165) is 31.2 Å². The minimum absolute atomic E-state index is 0.362. The molecule has 1 heterocycles. The monoisotopic (exact) mass is 388 g/mol. The van der Waals surface area contributed by atoms with E-state index in [-0.39, 0.29) is 0 Å². The lowest BCUT2D eigenvalue weighted by Gasteiger charge is -2.35. The number of unbranched alkanes of at least 4 members (excludes halogenated alkanes) is 1. The molecule has 0 atom stereocenters. The summed E-state index contributed by atoms with van der Waals surface area (Å²) >= 11 is 6.05. The molecule has 0 aliphatic carbocycles. The predicted molar refractivity (Wildman–Crippen MR) is 102 cm³/mol. The Balaban J connectivity index is 2.09. The zero-order valence-electron chi connectivity index (χ0n) is 15.2. The lowest BCUT2D eigenvalue weighted by Crippen LogP contribution is -2.47. The van der Waals surface area contributed by atoms with Gasteiger partial charge in [-0.2, -0.15) is 17.0 Å². The Morgan fingerprint density at radius 2 is 2.04 bits per heavy atom. The molecule has 0 amide bonds. The number of hydrogen-bond acceptors (Lipinski definition) is 3. The third-order valence-electron chi connectivity index (χ3n) is 4.64. The maximum atomic E-state index is 13.1. The van der Waals surface area contributed by atoms with Crippen molar-refractivity contribution in [3.63, 3.8) is 0 Å². The van der Waals surface area contributed by atoms with Gasteiger partial charge in [-0.15, -0.1) is 0 Å². The van der Waals surface area contributed by atoms with E-state index in [9.17, 15) is 8.42 Å². The van der Waals surface area contributed by atoms with Crippen molar-refractivity contribution in [3.8, 4) is 0 Å². The fourth-order valence-electron chi connectivity index (χ4n) is 3.16. The van der Waals surface area contributed by atoms with Crippen molar-refractivity contribution in [1.29, 1.82) is 0 Å². The molecule has 2 rings (SSSR count). The van der Waals surface area contributed by atoms with Crippen LogP contribution in [0.4, 0.5) is 0 Å². The van der Waals surface area contributed by atoms with E-state index in [1.807, 2.05) is 18.2 Å². The van der Waals surface area contributed by atoms with Crippen LogP contribution >= 0.6 is 11.6 Å². The lowest BCUT2D eigenvalue weighted by molar-refractivity contribution is 0.119. The van der Waals surface area contributed by atoms with Gasteiger partial charge in [-0.25, -0.2) is 0 Å². The molecule has 1 fully saturated rings.